The summed E-state index contributed by atoms with van der Waals surface area (Å²) in [6.07, 6.45) is 14.7. The van der Waals surface area contributed by atoms with E-state index in [-0.39, 0.29) is 97.4 Å². The number of aryl methyl sites for hydroxylation is 4. The molecule has 8 aromatic rings. The topological polar surface area (TPSA) is 264 Å². The van der Waals surface area contributed by atoms with E-state index in [4.69, 9.17) is 62.1 Å². The van der Waals surface area contributed by atoms with E-state index >= 15 is 0 Å². The van der Waals surface area contributed by atoms with Gasteiger partial charge in [0.2, 0.25) is 23.0 Å². The highest BCUT2D eigenvalue weighted by Crippen LogP contribution is 2.43. The first-order valence-electron chi connectivity index (χ1n) is 42.6. The van der Waals surface area contributed by atoms with Crippen molar-refractivity contribution in [3.63, 3.8) is 0 Å². The van der Waals surface area contributed by atoms with Crippen LogP contribution in [0.25, 0.3) is 0 Å². The summed E-state index contributed by atoms with van der Waals surface area (Å²) in [7, 11) is 18.5. The minimum absolute atomic E-state index is 0. The monoisotopic (exact) mass is 1830 g/mol. The average molecular weight is 1840 g/mol. The number of carbonyl (C=O) groups excluding carboxylic acids is 4. The molecule has 12 rings (SSSR count). The smallest absolute Gasteiger partial charge is 0.251 e. The first kappa shape index (κ1) is 109. The second-order valence-electron chi connectivity index (χ2n) is 30.8. The molecule has 4 aliphatic heterocycles. The quantitative estimate of drug-likeness (QED) is 0.0305. The van der Waals surface area contributed by atoms with Gasteiger partial charge in [0, 0.05) is 55.4 Å². The van der Waals surface area contributed by atoms with Crippen molar-refractivity contribution in [3.8, 4) is 75.1 Å². The van der Waals surface area contributed by atoms with Crippen molar-refractivity contribution in [3.05, 3.63) is 212 Å². The maximum absolute atomic E-state index is 13.0. The molecule has 0 bridgehead atoms. The number of rotatable bonds is 32. The predicted molar refractivity (Wildman–Crippen MR) is 511 cm³/mol. The van der Waals surface area contributed by atoms with E-state index in [2.05, 4.69) is 166 Å². The summed E-state index contributed by atoms with van der Waals surface area (Å²) in [4.78, 5) is 61.8. The fourth-order valence-corrected chi connectivity index (χ4v) is 15.9. The van der Waals surface area contributed by atoms with Gasteiger partial charge in [0.25, 0.3) is 23.6 Å². The van der Waals surface area contributed by atoms with Gasteiger partial charge < -0.3 is 78.1 Å². The molecule has 696 valence electrons. The fraction of sp³-hybridized carbons (Fsp3) is 0.459. The standard InChI is InChI=1S/4C24H32N2O4.C2H3N.4ClH/c4*1-17-8-10-18(11-9-17)20(26-12-6-5-7-13-26)16-25-24(27)19-14-21(28-2)23(30-4)22(15-19)29-3;1-2-3;;;;/h4*8-11,14-15,20H,5-7,12-13,16H2,1-4H3,(H,25,27);1H3;4*1H. The van der Waals surface area contributed by atoms with E-state index in [1.54, 1.807) is 140 Å². The number of carbonyl (C=O) groups is 4. The Labute approximate surface area is 777 Å². The molecule has 0 spiro atoms. The Hall–Kier alpha value is -10.3. The van der Waals surface area contributed by atoms with Crippen LogP contribution in [0.5, 0.6) is 69.0 Å². The van der Waals surface area contributed by atoms with Crippen LogP contribution in [0.2, 0.25) is 0 Å². The number of amides is 4. The summed E-state index contributed by atoms with van der Waals surface area (Å²) in [5.74, 6) is 4.97. The van der Waals surface area contributed by atoms with E-state index < -0.39 is 0 Å². The van der Waals surface area contributed by atoms with Crippen LogP contribution < -0.4 is 78.1 Å². The maximum Gasteiger partial charge on any atom is 0.251 e. The van der Waals surface area contributed by atoms with Gasteiger partial charge in [-0.15, -0.1) is 49.6 Å². The van der Waals surface area contributed by atoms with Crippen LogP contribution in [-0.2, 0) is 0 Å². The first-order chi connectivity index (χ1) is 59.7. The van der Waals surface area contributed by atoms with Gasteiger partial charge in [0.05, 0.1) is 116 Å². The zero-order valence-corrected chi connectivity index (χ0v) is 80.3. The van der Waals surface area contributed by atoms with Gasteiger partial charge in [0.1, 0.15) is 0 Å². The van der Waals surface area contributed by atoms with Crippen molar-refractivity contribution < 1.29 is 76.0 Å². The Balaban J connectivity index is 0.000000347. The van der Waals surface area contributed by atoms with Crippen molar-refractivity contribution in [1.29, 1.82) is 5.26 Å². The molecule has 4 atom stereocenters. The molecule has 4 N–H and O–H groups in total. The molecule has 25 nitrogen and oxygen atoms in total. The highest BCUT2D eigenvalue weighted by atomic mass is 35.5. The Bertz CT molecular complexity index is 3990. The molecular weight excluding hydrogens is 1700 g/mol. The summed E-state index contributed by atoms with van der Waals surface area (Å²) in [6.45, 7) is 20.4. The number of methoxy groups -OCH3 is 12. The number of nitrogens with one attached hydrogen (secondary N) is 4. The summed E-state index contributed by atoms with van der Waals surface area (Å²) in [5, 5.41) is 19.8. The Morgan fingerprint density at radius 3 is 0.543 bits per heavy atom. The molecule has 29 heteroatoms. The highest BCUT2D eigenvalue weighted by molar-refractivity contribution is 5.98. The molecule has 4 saturated heterocycles. The molecule has 4 heterocycles. The van der Waals surface area contributed by atoms with Gasteiger partial charge in [0.15, 0.2) is 46.0 Å². The maximum atomic E-state index is 13.0. The number of nitriles is 1. The van der Waals surface area contributed by atoms with E-state index in [9.17, 15) is 19.2 Å². The lowest BCUT2D eigenvalue weighted by Gasteiger charge is -2.35. The van der Waals surface area contributed by atoms with E-state index in [1.165, 1.54) is 128 Å². The van der Waals surface area contributed by atoms with Crippen LogP contribution in [0.1, 0.15) is 194 Å². The first-order valence-corrected chi connectivity index (χ1v) is 42.6. The zero-order valence-electron chi connectivity index (χ0n) is 77.0. The number of ether oxygens (including phenoxy) is 12. The lowest BCUT2D eigenvalue weighted by Crippen LogP contribution is -2.40. The summed E-state index contributed by atoms with van der Waals surface area (Å²) >= 11 is 0. The molecule has 8 aromatic carbocycles. The van der Waals surface area contributed by atoms with E-state index in [1.807, 2.05) is 0 Å². The van der Waals surface area contributed by atoms with Crippen LogP contribution in [0.4, 0.5) is 0 Å². The molecule has 0 aliphatic carbocycles. The number of piperidine rings is 4. The van der Waals surface area contributed by atoms with Gasteiger partial charge in [-0.05, 0) is 202 Å². The molecule has 0 aromatic heterocycles. The van der Waals surface area contributed by atoms with Crippen LogP contribution in [0.15, 0.2) is 146 Å². The highest BCUT2D eigenvalue weighted by Gasteiger charge is 2.30. The molecule has 4 aliphatic rings. The van der Waals surface area contributed by atoms with Crippen LogP contribution in [-0.4, -0.2) is 207 Å². The molecule has 0 saturated carbocycles. The number of benzene rings is 8. The average Bonchev–Trinajstić information content (AvgIpc) is 0.809. The number of hydrogen-bond donors (Lipinski definition) is 4. The zero-order chi connectivity index (χ0) is 88.7. The summed E-state index contributed by atoms with van der Waals surface area (Å²) in [6, 6.07) is 50.2. The molecule has 127 heavy (non-hydrogen) atoms. The van der Waals surface area contributed by atoms with Gasteiger partial charge in [-0.3, -0.25) is 38.8 Å². The van der Waals surface area contributed by atoms with Gasteiger partial charge >= 0.3 is 0 Å². The molecule has 4 unspecified atom stereocenters. The van der Waals surface area contributed by atoms with Crippen molar-refractivity contribution in [2.75, 3.05) is 164 Å². The molecule has 0 radical (unpaired) electrons. The molecule has 4 amide bonds. The van der Waals surface area contributed by atoms with Crippen molar-refractivity contribution in [2.24, 2.45) is 0 Å². The van der Waals surface area contributed by atoms with Crippen LogP contribution in [0.3, 0.4) is 0 Å². The predicted octanol–water partition coefficient (Wildman–Crippen LogP) is 18.1. The normalized spacial score (nSPS) is 14.6. The van der Waals surface area contributed by atoms with Gasteiger partial charge in [-0.2, -0.15) is 5.26 Å². The van der Waals surface area contributed by atoms with Gasteiger partial charge in [-0.25, -0.2) is 0 Å². The third kappa shape index (κ3) is 31.6. The van der Waals surface area contributed by atoms with Crippen molar-refractivity contribution in [1.82, 2.24) is 40.9 Å². The molecule has 4 fully saturated rings. The number of nitrogens with zero attached hydrogens (tertiary/aromatic N) is 5. The second kappa shape index (κ2) is 57.5. The van der Waals surface area contributed by atoms with Gasteiger partial charge in [-0.1, -0.05) is 145 Å². The van der Waals surface area contributed by atoms with E-state index in [0.29, 0.717) is 117 Å². The van der Waals surface area contributed by atoms with Crippen molar-refractivity contribution >= 4 is 73.3 Å². The van der Waals surface area contributed by atoms with Crippen LogP contribution in [0, 0.1) is 39.0 Å². The third-order valence-electron chi connectivity index (χ3n) is 22.7. The second-order valence-corrected chi connectivity index (χ2v) is 30.8. The van der Waals surface area contributed by atoms with Crippen molar-refractivity contribution in [2.45, 2.75) is 136 Å². The summed E-state index contributed by atoms with van der Waals surface area (Å²) < 4.78 is 64.4. The number of hydrogen-bond acceptors (Lipinski definition) is 21. The summed E-state index contributed by atoms with van der Waals surface area (Å²) in [5.41, 5.74) is 11.8. The third-order valence-corrected chi connectivity index (χ3v) is 22.7. The van der Waals surface area contributed by atoms with E-state index in [0.717, 1.165) is 52.4 Å². The lowest BCUT2D eigenvalue weighted by molar-refractivity contribution is 0.0916. The minimum atomic E-state index is -0.164. The minimum Gasteiger partial charge on any atom is -0.493 e. The largest absolute Gasteiger partial charge is 0.493 e. The fourth-order valence-electron chi connectivity index (χ4n) is 15.9. The Kier molecular flexibility index (Phi) is 49.4. The lowest BCUT2D eigenvalue weighted by atomic mass is 10.0. The molecular formula is C98H135Cl4N9O16. The Morgan fingerprint density at radius 1 is 0.276 bits per heavy atom. The van der Waals surface area contributed by atoms with Crippen LogP contribution >= 0.6 is 49.6 Å². The SMILES string of the molecule is CC#N.COc1cc(C(=O)NCC(c2ccc(C)cc2)N2CCCCC2)cc(OC)c1OC.COc1cc(C(=O)NCC(c2ccc(C)cc2)N2CCCCC2)cc(OC)c1OC.COc1cc(C(=O)NCC(c2ccc(C)cc2)N2CCCCC2)cc(OC)c1OC.COc1cc(C(=O)NCC(c2ccc(C)cc2)N2CCCCC2)cc(OC)c1OC.Cl.Cl.Cl.Cl. The number of likely N-dealkylation sites (tertiary alicyclic amines) is 4. The number of halogens is 4. The Morgan fingerprint density at radius 2 is 0.417 bits per heavy atom.